The lowest BCUT2D eigenvalue weighted by atomic mass is 10.2. The van der Waals surface area contributed by atoms with E-state index in [0.29, 0.717) is 18.6 Å². The minimum absolute atomic E-state index is 0.0938. The molecule has 0 N–H and O–H groups in total. The number of hydrogen-bond acceptors (Lipinski definition) is 3. The topological polar surface area (TPSA) is 46.6 Å². The van der Waals surface area contributed by atoms with Crippen molar-refractivity contribution in [1.82, 2.24) is 4.90 Å². The average Bonchev–Trinajstić information content (AvgIpc) is 2.38. The van der Waals surface area contributed by atoms with Crippen LogP contribution in [-0.4, -0.2) is 36.5 Å². The molecule has 1 heterocycles. The average molecular weight is 197 g/mol. The lowest BCUT2D eigenvalue weighted by molar-refractivity contribution is -0.139. The zero-order valence-corrected chi connectivity index (χ0v) is 8.74. The van der Waals surface area contributed by atoms with Crippen LogP contribution in [0.1, 0.15) is 20.3 Å². The fourth-order valence-electron chi connectivity index (χ4n) is 1.44. The van der Waals surface area contributed by atoms with Crippen molar-refractivity contribution >= 4 is 11.8 Å². The Morgan fingerprint density at radius 1 is 1.50 bits per heavy atom. The zero-order chi connectivity index (χ0) is 10.7. The van der Waals surface area contributed by atoms with Gasteiger partial charge in [0.15, 0.2) is 0 Å². The van der Waals surface area contributed by atoms with Crippen molar-refractivity contribution in [3.8, 4) is 0 Å². The third-order valence-corrected chi connectivity index (χ3v) is 2.31. The van der Waals surface area contributed by atoms with E-state index in [4.69, 9.17) is 4.74 Å². The quantitative estimate of drug-likeness (QED) is 0.624. The fourth-order valence-corrected chi connectivity index (χ4v) is 1.44. The van der Waals surface area contributed by atoms with Crippen LogP contribution in [0.2, 0.25) is 0 Å². The van der Waals surface area contributed by atoms with Crippen LogP contribution in [0.3, 0.4) is 0 Å². The molecule has 0 aromatic carbocycles. The molecule has 0 saturated carbocycles. The van der Waals surface area contributed by atoms with E-state index in [9.17, 15) is 9.59 Å². The van der Waals surface area contributed by atoms with Gasteiger partial charge in [-0.3, -0.25) is 14.5 Å². The minimum atomic E-state index is -0.212. The number of rotatable bonds is 4. The van der Waals surface area contributed by atoms with Crippen molar-refractivity contribution in [3.05, 3.63) is 11.6 Å². The summed E-state index contributed by atoms with van der Waals surface area (Å²) in [4.78, 5) is 24.2. The number of nitrogens with zero attached hydrogens (tertiary/aromatic N) is 1. The molecular formula is C10H15NO3. The van der Waals surface area contributed by atoms with Crippen LogP contribution < -0.4 is 0 Å². The summed E-state index contributed by atoms with van der Waals surface area (Å²) in [7, 11) is 1.60. The van der Waals surface area contributed by atoms with Crippen molar-refractivity contribution < 1.29 is 14.3 Å². The maximum atomic E-state index is 11.5. The fraction of sp³-hybridized carbons (Fsp3) is 0.600. The third-order valence-electron chi connectivity index (χ3n) is 2.31. The second-order valence-electron chi connectivity index (χ2n) is 3.47. The standard InChI is InChI=1S/C10H15NO3/c1-7-6-9(12)11(10(7)13)8(2)4-5-14-3/h6,8H,4-5H2,1-3H3. The Labute approximate surface area is 83.5 Å². The molecule has 0 spiro atoms. The molecule has 78 valence electrons. The van der Waals surface area contributed by atoms with Gasteiger partial charge in [-0.1, -0.05) is 0 Å². The molecule has 2 amide bonds. The molecule has 0 aliphatic carbocycles. The molecule has 1 aliphatic rings. The van der Waals surface area contributed by atoms with E-state index in [2.05, 4.69) is 0 Å². The Morgan fingerprint density at radius 2 is 2.14 bits per heavy atom. The van der Waals surface area contributed by atoms with Crippen LogP contribution in [0.4, 0.5) is 0 Å². The monoisotopic (exact) mass is 197 g/mol. The third kappa shape index (κ3) is 2.01. The van der Waals surface area contributed by atoms with Crippen LogP contribution in [0, 0.1) is 0 Å². The minimum Gasteiger partial charge on any atom is -0.385 e. The molecule has 0 fully saturated rings. The molecule has 1 atom stereocenters. The normalized spacial score (nSPS) is 18.8. The number of amides is 2. The summed E-state index contributed by atoms with van der Waals surface area (Å²) in [5, 5.41) is 0. The molecule has 4 nitrogen and oxygen atoms in total. The maximum absolute atomic E-state index is 11.5. The highest BCUT2D eigenvalue weighted by Gasteiger charge is 2.31. The van der Waals surface area contributed by atoms with Gasteiger partial charge in [0.2, 0.25) is 0 Å². The Hall–Kier alpha value is -1.16. The van der Waals surface area contributed by atoms with Crippen LogP contribution in [0.25, 0.3) is 0 Å². The smallest absolute Gasteiger partial charge is 0.256 e. The van der Waals surface area contributed by atoms with Gasteiger partial charge in [0, 0.05) is 31.4 Å². The van der Waals surface area contributed by atoms with Crippen molar-refractivity contribution in [2.45, 2.75) is 26.3 Å². The summed E-state index contributed by atoms with van der Waals surface area (Å²) in [6, 6.07) is -0.0938. The lowest BCUT2D eigenvalue weighted by Crippen LogP contribution is -2.39. The number of hydrogen-bond donors (Lipinski definition) is 0. The van der Waals surface area contributed by atoms with Crippen molar-refractivity contribution in [2.24, 2.45) is 0 Å². The Balaban J connectivity index is 2.62. The molecule has 4 heteroatoms. The predicted octanol–water partition coefficient (Wildman–Crippen LogP) is 0.727. The van der Waals surface area contributed by atoms with Crippen LogP contribution in [0.15, 0.2) is 11.6 Å². The number of imide groups is 1. The van der Waals surface area contributed by atoms with E-state index in [-0.39, 0.29) is 17.9 Å². The van der Waals surface area contributed by atoms with Gasteiger partial charge in [-0.25, -0.2) is 0 Å². The summed E-state index contributed by atoms with van der Waals surface area (Å²) in [6.45, 7) is 4.06. The zero-order valence-electron chi connectivity index (χ0n) is 8.74. The maximum Gasteiger partial charge on any atom is 0.256 e. The predicted molar refractivity (Wildman–Crippen MR) is 51.6 cm³/mol. The molecule has 0 bridgehead atoms. The van der Waals surface area contributed by atoms with Gasteiger partial charge in [-0.05, 0) is 20.3 Å². The highest BCUT2D eigenvalue weighted by Crippen LogP contribution is 2.16. The van der Waals surface area contributed by atoms with Crippen molar-refractivity contribution in [1.29, 1.82) is 0 Å². The van der Waals surface area contributed by atoms with E-state index in [1.54, 1.807) is 14.0 Å². The molecular weight excluding hydrogens is 182 g/mol. The van der Waals surface area contributed by atoms with Crippen molar-refractivity contribution in [2.75, 3.05) is 13.7 Å². The first-order valence-corrected chi connectivity index (χ1v) is 4.62. The number of methoxy groups -OCH3 is 1. The van der Waals surface area contributed by atoms with Gasteiger partial charge in [0.25, 0.3) is 11.8 Å². The second kappa shape index (κ2) is 4.37. The van der Waals surface area contributed by atoms with Gasteiger partial charge in [0.1, 0.15) is 0 Å². The molecule has 1 aliphatic heterocycles. The molecule has 1 unspecified atom stereocenters. The largest absolute Gasteiger partial charge is 0.385 e. The van der Waals surface area contributed by atoms with Gasteiger partial charge < -0.3 is 4.74 Å². The van der Waals surface area contributed by atoms with E-state index in [1.165, 1.54) is 11.0 Å². The molecule has 1 rings (SSSR count). The summed E-state index contributed by atoms with van der Waals surface area (Å²) in [5.41, 5.74) is 0.513. The Bertz CT molecular complexity index is 283. The van der Waals surface area contributed by atoms with Crippen LogP contribution in [0.5, 0.6) is 0 Å². The summed E-state index contributed by atoms with van der Waals surface area (Å²) in [6.07, 6.45) is 2.06. The Morgan fingerprint density at radius 3 is 2.57 bits per heavy atom. The van der Waals surface area contributed by atoms with Crippen LogP contribution >= 0.6 is 0 Å². The molecule has 0 saturated heterocycles. The number of ether oxygens (including phenoxy) is 1. The SMILES string of the molecule is COCCC(C)N1C(=O)C=C(C)C1=O. The molecule has 0 aromatic heterocycles. The first-order chi connectivity index (χ1) is 6.57. The second-order valence-corrected chi connectivity index (χ2v) is 3.47. The van der Waals surface area contributed by atoms with E-state index >= 15 is 0 Å². The van der Waals surface area contributed by atoms with Gasteiger partial charge in [0.05, 0.1) is 0 Å². The highest BCUT2D eigenvalue weighted by molar-refractivity contribution is 6.16. The summed E-state index contributed by atoms with van der Waals surface area (Å²) < 4.78 is 4.90. The molecule has 14 heavy (non-hydrogen) atoms. The first kappa shape index (κ1) is 10.9. The lowest BCUT2D eigenvalue weighted by Gasteiger charge is -2.22. The van der Waals surface area contributed by atoms with Crippen molar-refractivity contribution in [3.63, 3.8) is 0 Å². The number of carbonyl (C=O) groups excluding carboxylic acids is 2. The van der Waals surface area contributed by atoms with Gasteiger partial charge >= 0.3 is 0 Å². The molecule has 0 radical (unpaired) electrons. The summed E-state index contributed by atoms with van der Waals surface area (Å²) in [5.74, 6) is -0.394. The number of carbonyl (C=O) groups is 2. The van der Waals surface area contributed by atoms with Gasteiger partial charge in [-0.15, -0.1) is 0 Å². The summed E-state index contributed by atoms with van der Waals surface area (Å²) >= 11 is 0. The first-order valence-electron chi connectivity index (χ1n) is 4.62. The highest BCUT2D eigenvalue weighted by atomic mass is 16.5. The van der Waals surface area contributed by atoms with Crippen LogP contribution in [-0.2, 0) is 14.3 Å². The Kier molecular flexibility index (Phi) is 3.41. The van der Waals surface area contributed by atoms with Gasteiger partial charge in [-0.2, -0.15) is 0 Å². The molecule has 0 aromatic rings. The van der Waals surface area contributed by atoms with E-state index in [1.807, 2.05) is 6.92 Å². The van der Waals surface area contributed by atoms with E-state index in [0.717, 1.165) is 0 Å². The van der Waals surface area contributed by atoms with E-state index < -0.39 is 0 Å².